The van der Waals surface area contributed by atoms with Gasteiger partial charge in [0.05, 0.1) is 13.0 Å². The van der Waals surface area contributed by atoms with Gasteiger partial charge < -0.3 is 19.3 Å². The maximum absolute atomic E-state index is 12.5. The second-order valence-corrected chi connectivity index (χ2v) is 8.00. The summed E-state index contributed by atoms with van der Waals surface area (Å²) in [5, 5.41) is 10.5. The van der Waals surface area contributed by atoms with E-state index >= 15 is 0 Å². The summed E-state index contributed by atoms with van der Waals surface area (Å²) in [4.78, 5) is 23.9. The Labute approximate surface area is 203 Å². The van der Waals surface area contributed by atoms with E-state index in [9.17, 15) is 9.59 Å². The topological polar surface area (TPSA) is 103 Å². The molecule has 0 saturated carbocycles. The number of carbonyl (C=O) groups is 2. The number of aryl methyl sites for hydroxylation is 1. The number of carbonyl (C=O) groups excluding carboxylic acids is 2. The number of benzene rings is 2. The molecule has 2 aromatic carbocycles. The van der Waals surface area contributed by atoms with Crippen molar-refractivity contribution in [2.75, 3.05) is 18.5 Å². The average Bonchev–Trinajstić information content (AvgIpc) is 3.17. The fourth-order valence-corrected chi connectivity index (χ4v) is 3.59. The smallest absolute Gasteiger partial charge is 0.412 e. The van der Waals surface area contributed by atoms with Crippen molar-refractivity contribution in [2.24, 2.45) is 0 Å². The summed E-state index contributed by atoms with van der Waals surface area (Å²) in [5.41, 5.74) is 3.48. The number of esters is 1. The van der Waals surface area contributed by atoms with Crippen LogP contribution in [-0.4, -0.2) is 30.4 Å². The SMILES string of the molecule is CCOC(=O)CCNCc1ccc(-c2onc(C)c2NC(=O)OC(C)c2ccccc2Cl)cc1. The maximum atomic E-state index is 12.5. The van der Waals surface area contributed by atoms with E-state index in [4.69, 9.17) is 25.6 Å². The van der Waals surface area contributed by atoms with Crippen LogP contribution in [0.3, 0.4) is 0 Å². The van der Waals surface area contributed by atoms with Crippen molar-refractivity contribution in [3.8, 4) is 11.3 Å². The van der Waals surface area contributed by atoms with E-state index in [0.29, 0.717) is 53.8 Å². The van der Waals surface area contributed by atoms with Gasteiger partial charge in [-0.05, 0) is 32.4 Å². The van der Waals surface area contributed by atoms with Crippen LogP contribution in [-0.2, 0) is 20.8 Å². The molecular formula is C25H28ClN3O5. The molecule has 0 radical (unpaired) electrons. The van der Waals surface area contributed by atoms with Gasteiger partial charge >= 0.3 is 12.1 Å². The molecule has 1 aromatic heterocycles. The Morgan fingerprint density at radius 3 is 2.59 bits per heavy atom. The number of aromatic nitrogens is 1. The lowest BCUT2D eigenvalue weighted by atomic mass is 10.1. The summed E-state index contributed by atoms with van der Waals surface area (Å²) in [5.74, 6) is 0.215. The first kappa shape index (κ1) is 25.3. The summed E-state index contributed by atoms with van der Waals surface area (Å²) in [6, 6.07) is 14.8. The molecule has 0 spiro atoms. The lowest BCUT2D eigenvalue weighted by molar-refractivity contribution is -0.142. The van der Waals surface area contributed by atoms with Crippen molar-refractivity contribution in [2.45, 2.75) is 39.8 Å². The molecule has 180 valence electrons. The highest BCUT2D eigenvalue weighted by Crippen LogP contribution is 2.32. The second kappa shape index (κ2) is 12.2. The molecular weight excluding hydrogens is 458 g/mol. The van der Waals surface area contributed by atoms with Gasteiger partial charge in [0.1, 0.15) is 17.5 Å². The quantitative estimate of drug-likeness (QED) is 0.282. The Bertz CT molecular complexity index is 1110. The highest BCUT2D eigenvalue weighted by molar-refractivity contribution is 6.31. The normalized spacial score (nSPS) is 11.6. The molecule has 0 bridgehead atoms. The molecule has 3 aromatic rings. The zero-order valence-corrected chi connectivity index (χ0v) is 20.1. The van der Waals surface area contributed by atoms with E-state index in [1.807, 2.05) is 42.5 Å². The molecule has 0 aliphatic heterocycles. The fourth-order valence-electron chi connectivity index (χ4n) is 3.30. The van der Waals surface area contributed by atoms with Gasteiger partial charge in [-0.1, -0.05) is 59.2 Å². The molecule has 0 aliphatic rings. The maximum Gasteiger partial charge on any atom is 0.412 e. The standard InChI is InChI=1S/C25H28ClN3O5/c1-4-32-22(30)13-14-27-15-18-9-11-19(12-10-18)24-23(16(2)29-34-24)28-25(31)33-17(3)20-7-5-6-8-21(20)26/h5-12,17,27H,4,13-15H2,1-3H3,(H,28,31). The van der Waals surface area contributed by atoms with Crippen LogP contribution in [0, 0.1) is 6.92 Å². The Morgan fingerprint density at radius 2 is 1.88 bits per heavy atom. The Balaban J connectivity index is 1.60. The van der Waals surface area contributed by atoms with Crippen molar-refractivity contribution in [1.82, 2.24) is 10.5 Å². The number of ether oxygens (including phenoxy) is 2. The van der Waals surface area contributed by atoms with Gasteiger partial charge in [-0.2, -0.15) is 0 Å². The lowest BCUT2D eigenvalue weighted by Gasteiger charge is -2.15. The van der Waals surface area contributed by atoms with Gasteiger partial charge in [0, 0.05) is 29.2 Å². The van der Waals surface area contributed by atoms with E-state index in [-0.39, 0.29) is 5.97 Å². The lowest BCUT2D eigenvalue weighted by Crippen LogP contribution is -2.19. The van der Waals surface area contributed by atoms with E-state index in [0.717, 1.165) is 11.1 Å². The van der Waals surface area contributed by atoms with Crippen molar-refractivity contribution in [3.05, 3.63) is 70.4 Å². The van der Waals surface area contributed by atoms with Gasteiger partial charge in [0.15, 0.2) is 5.76 Å². The van der Waals surface area contributed by atoms with E-state index in [2.05, 4.69) is 15.8 Å². The van der Waals surface area contributed by atoms with Crippen molar-refractivity contribution < 1.29 is 23.6 Å². The minimum atomic E-state index is -0.637. The number of nitrogens with one attached hydrogen (secondary N) is 2. The van der Waals surface area contributed by atoms with Gasteiger partial charge in [-0.3, -0.25) is 10.1 Å². The van der Waals surface area contributed by atoms with Crippen molar-refractivity contribution >= 4 is 29.4 Å². The number of anilines is 1. The third-order valence-electron chi connectivity index (χ3n) is 5.07. The molecule has 8 nitrogen and oxygen atoms in total. The first-order chi connectivity index (χ1) is 16.4. The van der Waals surface area contributed by atoms with Crippen LogP contribution in [0.1, 0.15) is 43.2 Å². The molecule has 0 aliphatic carbocycles. The summed E-state index contributed by atoms with van der Waals surface area (Å²) < 4.78 is 15.9. The van der Waals surface area contributed by atoms with E-state index in [1.54, 1.807) is 26.8 Å². The Morgan fingerprint density at radius 1 is 1.15 bits per heavy atom. The molecule has 3 rings (SSSR count). The van der Waals surface area contributed by atoms with E-state index < -0.39 is 12.2 Å². The first-order valence-corrected chi connectivity index (χ1v) is 11.4. The van der Waals surface area contributed by atoms with Crippen LogP contribution in [0.4, 0.5) is 10.5 Å². The van der Waals surface area contributed by atoms with Crippen LogP contribution in [0.2, 0.25) is 5.02 Å². The average molecular weight is 486 g/mol. The first-order valence-electron chi connectivity index (χ1n) is 11.0. The van der Waals surface area contributed by atoms with Crippen molar-refractivity contribution in [1.29, 1.82) is 0 Å². The minimum absolute atomic E-state index is 0.217. The molecule has 1 amide bonds. The molecule has 1 unspecified atom stereocenters. The minimum Gasteiger partial charge on any atom is -0.466 e. The van der Waals surface area contributed by atoms with Gasteiger partial charge in [-0.25, -0.2) is 4.79 Å². The molecule has 1 heterocycles. The molecule has 1 atom stereocenters. The van der Waals surface area contributed by atoms with Crippen LogP contribution < -0.4 is 10.6 Å². The van der Waals surface area contributed by atoms with Crippen molar-refractivity contribution in [3.63, 3.8) is 0 Å². The second-order valence-electron chi connectivity index (χ2n) is 7.59. The van der Waals surface area contributed by atoms with Crippen LogP contribution in [0.5, 0.6) is 0 Å². The zero-order chi connectivity index (χ0) is 24.5. The Kier molecular flexibility index (Phi) is 9.07. The predicted octanol–water partition coefficient (Wildman–Crippen LogP) is 5.66. The number of rotatable bonds is 10. The summed E-state index contributed by atoms with van der Waals surface area (Å²) in [7, 11) is 0. The monoisotopic (exact) mass is 485 g/mol. The zero-order valence-electron chi connectivity index (χ0n) is 19.4. The molecule has 0 fully saturated rings. The molecule has 0 saturated heterocycles. The molecule has 2 N–H and O–H groups in total. The predicted molar refractivity (Wildman–Crippen MR) is 130 cm³/mol. The number of hydrogen-bond acceptors (Lipinski definition) is 7. The molecule has 9 heteroatoms. The number of nitrogens with zero attached hydrogens (tertiary/aromatic N) is 1. The summed E-state index contributed by atoms with van der Waals surface area (Å²) in [6.45, 7) is 6.80. The summed E-state index contributed by atoms with van der Waals surface area (Å²) in [6.07, 6.45) is -0.848. The van der Waals surface area contributed by atoms with Crippen LogP contribution in [0.25, 0.3) is 11.3 Å². The molecule has 34 heavy (non-hydrogen) atoms. The largest absolute Gasteiger partial charge is 0.466 e. The van der Waals surface area contributed by atoms with Gasteiger partial charge in [0.25, 0.3) is 0 Å². The fraction of sp³-hybridized carbons (Fsp3) is 0.320. The van der Waals surface area contributed by atoms with Crippen LogP contribution >= 0.6 is 11.6 Å². The third kappa shape index (κ3) is 6.82. The van der Waals surface area contributed by atoms with E-state index in [1.165, 1.54) is 0 Å². The van der Waals surface area contributed by atoms with Crippen LogP contribution in [0.15, 0.2) is 53.1 Å². The van der Waals surface area contributed by atoms with Gasteiger partial charge in [0.2, 0.25) is 0 Å². The third-order valence-corrected chi connectivity index (χ3v) is 5.42. The highest BCUT2D eigenvalue weighted by atomic mass is 35.5. The number of halogens is 1. The number of amides is 1. The highest BCUT2D eigenvalue weighted by Gasteiger charge is 2.20. The Hall–Kier alpha value is -3.36. The van der Waals surface area contributed by atoms with Gasteiger partial charge in [-0.15, -0.1) is 0 Å². The number of hydrogen-bond donors (Lipinski definition) is 2. The summed E-state index contributed by atoms with van der Waals surface area (Å²) >= 11 is 6.19.